The Hall–Kier alpha value is -2.21. The first-order valence-corrected chi connectivity index (χ1v) is 6.57. The number of nitrogens with zero attached hydrogens (tertiary/aromatic N) is 2. The lowest BCUT2D eigenvalue weighted by Crippen LogP contribution is -2.46. The second kappa shape index (κ2) is 5.42. The van der Waals surface area contributed by atoms with E-state index in [1.54, 1.807) is 6.20 Å². The average Bonchev–Trinajstić information content (AvgIpc) is 2.52. The van der Waals surface area contributed by atoms with Gasteiger partial charge >= 0.3 is 0 Å². The van der Waals surface area contributed by atoms with Gasteiger partial charge in [-0.25, -0.2) is 0 Å². The normalized spacial score (nSPS) is 15.5. The summed E-state index contributed by atoms with van der Waals surface area (Å²) in [5.41, 5.74) is 0.878. The van der Waals surface area contributed by atoms with E-state index in [1.165, 1.54) is 0 Å². The maximum absolute atomic E-state index is 11.7. The van der Waals surface area contributed by atoms with E-state index in [-0.39, 0.29) is 0 Å². The molecule has 1 N–H and O–H groups in total. The molecule has 2 heterocycles. The summed E-state index contributed by atoms with van der Waals surface area (Å²) in [4.78, 5) is 29.5. The van der Waals surface area contributed by atoms with Crippen LogP contribution in [0.4, 0.5) is 11.4 Å². The largest absolute Gasteiger partial charge is 0.378 e. The van der Waals surface area contributed by atoms with E-state index in [1.807, 2.05) is 23.1 Å². The number of pyridine rings is 1. The summed E-state index contributed by atoms with van der Waals surface area (Å²) < 4.78 is 5.25. The number of hydrogen-bond acceptors (Lipinski definition) is 6. The Morgan fingerprint density at radius 1 is 1.20 bits per heavy atom. The molecule has 1 aliphatic heterocycles. The lowest BCUT2D eigenvalue weighted by molar-refractivity contribution is 0.122. The number of ether oxygens (including phenoxy) is 1. The van der Waals surface area contributed by atoms with E-state index in [9.17, 15) is 9.59 Å². The van der Waals surface area contributed by atoms with Crippen molar-refractivity contribution in [1.82, 2.24) is 4.98 Å². The Morgan fingerprint density at radius 2 is 2.00 bits per heavy atom. The SMILES string of the molecule is O=c1c(NCc2ccccn2)c(N2CCOCC2)c1=O. The molecule has 1 saturated heterocycles. The summed E-state index contributed by atoms with van der Waals surface area (Å²) in [6.45, 7) is 2.88. The number of morpholine rings is 1. The van der Waals surface area contributed by atoms with Crippen LogP contribution in [0.15, 0.2) is 34.0 Å². The molecule has 1 aromatic heterocycles. The van der Waals surface area contributed by atoms with Gasteiger partial charge < -0.3 is 15.0 Å². The summed E-state index contributed by atoms with van der Waals surface area (Å²) in [5, 5.41) is 3.03. The van der Waals surface area contributed by atoms with Crippen LogP contribution < -0.4 is 21.1 Å². The van der Waals surface area contributed by atoms with Crippen molar-refractivity contribution in [3.05, 3.63) is 50.5 Å². The van der Waals surface area contributed by atoms with Gasteiger partial charge in [-0.2, -0.15) is 0 Å². The van der Waals surface area contributed by atoms with Crippen molar-refractivity contribution in [1.29, 1.82) is 0 Å². The van der Waals surface area contributed by atoms with Gasteiger partial charge in [0, 0.05) is 19.3 Å². The molecule has 2 aromatic rings. The van der Waals surface area contributed by atoms with Crippen LogP contribution in [0.2, 0.25) is 0 Å². The highest BCUT2D eigenvalue weighted by atomic mass is 16.5. The zero-order chi connectivity index (χ0) is 13.9. The maximum atomic E-state index is 11.7. The molecule has 0 saturated carbocycles. The van der Waals surface area contributed by atoms with Gasteiger partial charge in [0.15, 0.2) is 0 Å². The Kier molecular flexibility index (Phi) is 3.47. The van der Waals surface area contributed by atoms with E-state index in [4.69, 9.17) is 4.74 Å². The minimum absolute atomic E-state index is 0.405. The van der Waals surface area contributed by atoms with E-state index in [2.05, 4.69) is 10.3 Å². The predicted octanol–water partition coefficient (Wildman–Crippen LogP) is 0.126. The second-order valence-electron chi connectivity index (χ2n) is 4.66. The Balaban J connectivity index is 1.75. The molecule has 0 unspecified atom stereocenters. The van der Waals surface area contributed by atoms with Crippen molar-refractivity contribution in [3.63, 3.8) is 0 Å². The first kappa shape index (κ1) is 12.8. The fourth-order valence-corrected chi connectivity index (χ4v) is 2.31. The van der Waals surface area contributed by atoms with Gasteiger partial charge in [0.25, 0.3) is 10.9 Å². The second-order valence-corrected chi connectivity index (χ2v) is 4.66. The van der Waals surface area contributed by atoms with Crippen LogP contribution in [0.3, 0.4) is 0 Å². The van der Waals surface area contributed by atoms with E-state index in [0.717, 1.165) is 5.69 Å². The summed E-state index contributed by atoms with van der Waals surface area (Å²) in [7, 11) is 0. The molecule has 0 radical (unpaired) electrons. The topological polar surface area (TPSA) is 71.5 Å². The molecule has 6 heteroatoms. The van der Waals surface area contributed by atoms with Gasteiger partial charge in [-0.3, -0.25) is 14.6 Å². The van der Waals surface area contributed by atoms with Crippen LogP contribution in [0.25, 0.3) is 0 Å². The number of aromatic nitrogens is 1. The first-order valence-electron chi connectivity index (χ1n) is 6.57. The van der Waals surface area contributed by atoms with E-state index < -0.39 is 10.9 Å². The molecule has 0 aliphatic carbocycles. The van der Waals surface area contributed by atoms with Crippen LogP contribution in [0.5, 0.6) is 0 Å². The Labute approximate surface area is 115 Å². The fraction of sp³-hybridized carbons (Fsp3) is 0.357. The minimum Gasteiger partial charge on any atom is -0.378 e. The highest BCUT2D eigenvalue weighted by Crippen LogP contribution is 2.21. The molecule has 0 bridgehead atoms. The molecule has 6 nitrogen and oxygen atoms in total. The van der Waals surface area contributed by atoms with E-state index >= 15 is 0 Å². The highest BCUT2D eigenvalue weighted by Gasteiger charge is 2.26. The van der Waals surface area contributed by atoms with Crippen LogP contribution in [-0.2, 0) is 11.3 Å². The summed E-state index contributed by atoms with van der Waals surface area (Å²) in [6.07, 6.45) is 1.70. The third-order valence-electron chi connectivity index (χ3n) is 3.38. The zero-order valence-corrected chi connectivity index (χ0v) is 11.0. The maximum Gasteiger partial charge on any atom is 0.253 e. The zero-order valence-electron chi connectivity index (χ0n) is 11.0. The van der Waals surface area contributed by atoms with Gasteiger partial charge in [-0.1, -0.05) is 6.07 Å². The molecule has 0 amide bonds. The summed E-state index contributed by atoms with van der Waals surface area (Å²) >= 11 is 0. The minimum atomic E-state index is -0.442. The molecule has 0 spiro atoms. The van der Waals surface area contributed by atoms with Gasteiger partial charge in [-0.15, -0.1) is 0 Å². The number of anilines is 2. The summed E-state index contributed by atoms with van der Waals surface area (Å²) in [5.74, 6) is 0. The number of nitrogens with one attached hydrogen (secondary N) is 1. The molecule has 20 heavy (non-hydrogen) atoms. The predicted molar refractivity (Wildman–Crippen MR) is 75.9 cm³/mol. The smallest absolute Gasteiger partial charge is 0.253 e. The first-order chi connectivity index (χ1) is 9.77. The van der Waals surface area contributed by atoms with Crippen molar-refractivity contribution < 1.29 is 4.74 Å². The molecule has 3 rings (SSSR count). The van der Waals surface area contributed by atoms with Crippen LogP contribution in [0.1, 0.15) is 5.69 Å². The van der Waals surface area contributed by atoms with Crippen molar-refractivity contribution >= 4 is 11.4 Å². The third-order valence-corrected chi connectivity index (χ3v) is 3.38. The van der Waals surface area contributed by atoms with Crippen LogP contribution >= 0.6 is 0 Å². The van der Waals surface area contributed by atoms with Crippen molar-refractivity contribution in [2.45, 2.75) is 6.54 Å². The molecular formula is C14H15N3O3. The highest BCUT2D eigenvalue weighted by molar-refractivity contribution is 5.75. The monoisotopic (exact) mass is 273 g/mol. The van der Waals surface area contributed by atoms with E-state index in [0.29, 0.717) is 44.2 Å². The Bertz CT molecular complexity index is 656. The summed E-state index contributed by atoms with van der Waals surface area (Å²) in [6, 6.07) is 5.59. The van der Waals surface area contributed by atoms with Gasteiger partial charge in [-0.05, 0) is 12.1 Å². The lowest BCUT2D eigenvalue weighted by atomic mass is 10.1. The molecule has 104 valence electrons. The fourth-order valence-electron chi connectivity index (χ4n) is 2.31. The number of rotatable bonds is 4. The lowest BCUT2D eigenvalue weighted by Gasteiger charge is -2.30. The molecule has 0 atom stereocenters. The Morgan fingerprint density at radius 3 is 2.70 bits per heavy atom. The average molecular weight is 273 g/mol. The van der Waals surface area contributed by atoms with Crippen LogP contribution in [0, 0.1) is 0 Å². The van der Waals surface area contributed by atoms with Crippen molar-refractivity contribution in [2.75, 3.05) is 36.5 Å². The van der Waals surface area contributed by atoms with Crippen molar-refractivity contribution in [3.8, 4) is 0 Å². The van der Waals surface area contributed by atoms with Gasteiger partial charge in [0.05, 0.1) is 25.5 Å². The molecule has 1 aromatic carbocycles. The van der Waals surface area contributed by atoms with Crippen LogP contribution in [-0.4, -0.2) is 31.3 Å². The standard InChI is InChI=1S/C14H15N3O3/c18-13-11(16-9-10-3-1-2-4-15-10)12(14(13)19)17-5-7-20-8-6-17/h1-4,16H,5-9H2. The third kappa shape index (κ3) is 2.30. The number of hydrogen-bond donors (Lipinski definition) is 1. The molecule has 1 fully saturated rings. The quantitative estimate of drug-likeness (QED) is 0.798. The van der Waals surface area contributed by atoms with Gasteiger partial charge in [0.2, 0.25) is 0 Å². The molecule has 1 aliphatic rings. The van der Waals surface area contributed by atoms with Gasteiger partial charge in [0.1, 0.15) is 11.4 Å². The molecular weight excluding hydrogens is 258 g/mol. The van der Waals surface area contributed by atoms with Crippen molar-refractivity contribution in [2.24, 2.45) is 0 Å².